The Bertz CT molecular complexity index is 1180. The second-order valence-corrected chi connectivity index (χ2v) is 6.78. The molecule has 0 unspecified atom stereocenters. The van der Waals surface area contributed by atoms with E-state index in [1.165, 1.54) is 5.56 Å². The summed E-state index contributed by atoms with van der Waals surface area (Å²) in [5, 5.41) is 20.3. The van der Waals surface area contributed by atoms with Gasteiger partial charge in [-0.1, -0.05) is 54.6 Å². The zero-order chi connectivity index (χ0) is 18.4. The van der Waals surface area contributed by atoms with Crippen molar-refractivity contribution in [2.45, 2.75) is 6.42 Å². The normalized spacial score (nSPS) is 11.9. The number of nitrogens with zero attached hydrogens (tertiary/aromatic N) is 1. The van der Waals surface area contributed by atoms with Crippen LogP contribution in [-0.4, -0.2) is 15.2 Å². The Morgan fingerprint density at radius 1 is 0.704 bits per heavy atom. The molecule has 0 radical (unpaired) electrons. The molecule has 0 fully saturated rings. The van der Waals surface area contributed by atoms with Crippen LogP contribution < -0.4 is 0 Å². The van der Waals surface area contributed by atoms with Crippen LogP contribution in [-0.2, 0) is 6.42 Å². The van der Waals surface area contributed by atoms with E-state index in [1.807, 2.05) is 48.5 Å². The van der Waals surface area contributed by atoms with E-state index in [4.69, 9.17) is 4.98 Å². The first-order valence-corrected chi connectivity index (χ1v) is 8.90. The summed E-state index contributed by atoms with van der Waals surface area (Å²) in [7, 11) is 0. The Morgan fingerprint density at radius 3 is 2.30 bits per heavy atom. The lowest BCUT2D eigenvalue weighted by Crippen LogP contribution is -1.94. The number of para-hydroxylation sites is 1. The van der Waals surface area contributed by atoms with Crippen LogP contribution in [0.4, 0.5) is 0 Å². The molecule has 0 aliphatic heterocycles. The standard InChI is InChI=1S/C24H17NO2/c26-17-8-5-7-16(12-17)22-14-20(19-10-3-4-11-23(19)27)21-13-15-6-1-2-9-18(15)24(21)25-22/h1-12,14,26-27H,13H2. The zero-order valence-electron chi connectivity index (χ0n) is 14.6. The molecule has 0 saturated carbocycles. The first-order valence-electron chi connectivity index (χ1n) is 8.90. The highest BCUT2D eigenvalue weighted by Gasteiger charge is 2.25. The maximum Gasteiger partial charge on any atom is 0.123 e. The summed E-state index contributed by atoms with van der Waals surface area (Å²) in [6.45, 7) is 0. The number of phenolic OH excluding ortho intramolecular Hbond substituents is 2. The van der Waals surface area contributed by atoms with Gasteiger partial charge in [0, 0.05) is 23.1 Å². The molecule has 1 aromatic heterocycles. The van der Waals surface area contributed by atoms with Crippen LogP contribution in [0.5, 0.6) is 11.5 Å². The van der Waals surface area contributed by atoms with Crippen molar-refractivity contribution in [1.29, 1.82) is 0 Å². The first kappa shape index (κ1) is 15.6. The largest absolute Gasteiger partial charge is 0.508 e. The van der Waals surface area contributed by atoms with E-state index in [0.717, 1.165) is 45.6 Å². The van der Waals surface area contributed by atoms with Crippen molar-refractivity contribution in [3.05, 3.63) is 90.0 Å². The molecule has 3 nitrogen and oxygen atoms in total. The first-order chi connectivity index (χ1) is 13.2. The highest BCUT2D eigenvalue weighted by molar-refractivity contribution is 5.87. The number of pyridine rings is 1. The lowest BCUT2D eigenvalue weighted by Gasteiger charge is -2.13. The number of benzene rings is 3. The minimum Gasteiger partial charge on any atom is -0.508 e. The summed E-state index contributed by atoms with van der Waals surface area (Å²) >= 11 is 0. The highest BCUT2D eigenvalue weighted by atomic mass is 16.3. The second-order valence-electron chi connectivity index (χ2n) is 6.78. The third-order valence-electron chi connectivity index (χ3n) is 5.10. The van der Waals surface area contributed by atoms with Gasteiger partial charge in [0.1, 0.15) is 11.5 Å². The van der Waals surface area contributed by atoms with E-state index in [0.29, 0.717) is 0 Å². The number of hydrogen-bond donors (Lipinski definition) is 2. The topological polar surface area (TPSA) is 53.4 Å². The minimum absolute atomic E-state index is 0.208. The molecule has 5 rings (SSSR count). The van der Waals surface area contributed by atoms with Crippen LogP contribution in [0.15, 0.2) is 78.9 Å². The molecule has 1 aliphatic carbocycles. The zero-order valence-corrected chi connectivity index (χ0v) is 14.6. The van der Waals surface area contributed by atoms with E-state index in [9.17, 15) is 10.2 Å². The molecule has 0 bridgehead atoms. The van der Waals surface area contributed by atoms with Crippen molar-refractivity contribution in [1.82, 2.24) is 4.98 Å². The number of hydrogen-bond acceptors (Lipinski definition) is 3. The maximum atomic E-state index is 10.5. The molecule has 0 saturated heterocycles. The average Bonchev–Trinajstić information content (AvgIpc) is 3.06. The van der Waals surface area contributed by atoms with Gasteiger partial charge < -0.3 is 10.2 Å². The van der Waals surface area contributed by atoms with Crippen LogP contribution in [0, 0.1) is 0 Å². The molecule has 0 atom stereocenters. The molecule has 27 heavy (non-hydrogen) atoms. The summed E-state index contributed by atoms with van der Waals surface area (Å²) in [5.41, 5.74) is 7.85. The second kappa shape index (κ2) is 5.99. The Hall–Kier alpha value is -3.59. The number of aromatic nitrogens is 1. The molecule has 0 spiro atoms. The van der Waals surface area contributed by atoms with Crippen LogP contribution in [0.3, 0.4) is 0 Å². The van der Waals surface area contributed by atoms with Crippen molar-refractivity contribution in [2.24, 2.45) is 0 Å². The molecule has 4 aromatic rings. The third kappa shape index (κ3) is 2.56. The number of fused-ring (bicyclic) bond motifs is 3. The number of aromatic hydroxyl groups is 2. The van der Waals surface area contributed by atoms with Gasteiger partial charge in [0.05, 0.1) is 11.4 Å². The van der Waals surface area contributed by atoms with Gasteiger partial charge >= 0.3 is 0 Å². The molecular formula is C24H17NO2. The van der Waals surface area contributed by atoms with E-state index in [1.54, 1.807) is 18.2 Å². The number of rotatable bonds is 2. The van der Waals surface area contributed by atoms with Crippen LogP contribution in [0.1, 0.15) is 11.1 Å². The smallest absolute Gasteiger partial charge is 0.123 e. The van der Waals surface area contributed by atoms with Gasteiger partial charge in [0.25, 0.3) is 0 Å². The summed E-state index contributed by atoms with van der Waals surface area (Å²) < 4.78 is 0. The lowest BCUT2D eigenvalue weighted by atomic mass is 9.95. The fourth-order valence-electron chi connectivity index (χ4n) is 3.82. The monoisotopic (exact) mass is 351 g/mol. The van der Waals surface area contributed by atoms with Crippen LogP contribution in [0.25, 0.3) is 33.6 Å². The van der Waals surface area contributed by atoms with E-state index in [2.05, 4.69) is 12.1 Å². The fourth-order valence-corrected chi connectivity index (χ4v) is 3.82. The van der Waals surface area contributed by atoms with Crippen molar-refractivity contribution >= 4 is 0 Å². The van der Waals surface area contributed by atoms with Gasteiger partial charge in [-0.05, 0) is 41.0 Å². The van der Waals surface area contributed by atoms with Gasteiger partial charge in [-0.2, -0.15) is 0 Å². The SMILES string of the molecule is Oc1cccc(-c2cc(-c3ccccc3O)c3c(n2)-c2ccccc2C3)c1. The summed E-state index contributed by atoms with van der Waals surface area (Å²) in [6.07, 6.45) is 0.794. The average molecular weight is 351 g/mol. The van der Waals surface area contributed by atoms with Crippen molar-refractivity contribution in [3.63, 3.8) is 0 Å². The van der Waals surface area contributed by atoms with Crippen molar-refractivity contribution < 1.29 is 10.2 Å². The maximum absolute atomic E-state index is 10.5. The predicted molar refractivity (Wildman–Crippen MR) is 107 cm³/mol. The van der Waals surface area contributed by atoms with E-state index < -0.39 is 0 Å². The summed E-state index contributed by atoms with van der Waals surface area (Å²) in [6, 6.07) is 24.8. The molecule has 1 heterocycles. The molecule has 130 valence electrons. The molecule has 1 aliphatic rings. The van der Waals surface area contributed by atoms with Crippen LogP contribution in [0.2, 0.25) is 0 Å². The van der Waals surface area contributed by atoms with E-state index >= 15 is 0 Å². The fraction of sp³-hybridized carbons (Fsp3) is 0.0417. The Balaban J connectivity index is 1.81. The molecule has 3 aromatic carbocycles. The Kier molecular flexibility index (Phi) is 3.47. The predicted octanol–water partition coefficient (Wildman–Crippen LogP) is 5.40. The van der Waals surface area contributed by atoms with Gasteiger partial charge in [0.15, 0.2) is 0 Å². The molecule has 0 amide bonds. The third-order valence-corrected chi connectivity index (χ3v) is 5.10. The highest BCUT2D eigenvalue weighted by Crippen LogP contribution is 2.44. The summed E-state index contributed by atoms with van der Waals surface area (Å²) in [5.74, 6) is 0.461. The number of phenols is 2. The lowest BCUT2D eigenvalue weighted by molar-refractivity contribution is 0.475. The van der Waals surface area contributed by atoms with Gasteiger partial charge in [-0.15, -0.1) is 0 Å². The molecule has 2 N–H and O–H groups in total. The summed E-state index contributed by atoms with van der Waals surface area (Å²) in [4.78, 5) is 4.93. The van der Waals surface area contributed by atoms with Crippen LogP contribution >= 0.6 is 0 Å². The Labute approximate surface area is 157 Å². The van der Waals surface area contributed by atoms with Gasteiger partial charge in [0.2, 0.25) is 0 Å². The molecular weight excluding hydrogens is 334 g/mol. The molecule has 3 heteroatoms. The van der Waals surface area contributed by atoms with Crippen molar-refractivity contribution in [3.8, 4) is 45.1 Å². The Morgan fingerprint density at radius 2 is 1.48 bits per heavy atom. The van der Waals surface area contributed by atoms with Crippen molar-refractivity contribution in [2.75, 3.05) is 0 Å². The quantitative estimate of drug-likeness (QED) is 0.448. The van der Waals surface area contributed by atoms with Gasteiger partial charge in [-0.3, -0.25) is 0 Å². The minimum atomic E-state index is 0.208. The van der Waals surface area contributed by atoms with Gasteiger partial charge in [-0.25, -0.2) is 4.98 Å². The van der Waals surface area contributed by atoms with E-state index in [-0.39, 0.29) is 11.5 Å².